The van der Waals surface area contributed by atoms with Gasteiger partial charge in [0, 0.05) is 85.5 Å². The van der Waals surface area contributed by atoms with Crippen molar-refractivity contribution in [2.45, 2.75) is 66.0 Å². The number of hydrogen-bond acceptors (Lipinski definition) is 12. The summed E-state index contributed by atoms with van der Waals surface area (Å²) in [6.07, 6.45) is -0.412. The van der Waals surface area contributed by atoms with E-state index in [4.69, 9.17) is 15.6 Å². The molecule has 3 aliphatic rings. The number of aryl methyl sites for hydroxylation is 2. The fourth-order valence-corrected chi connectivity index (χ4v) is 8.39. The third kappa shape index (κ3) is 9.18. The topological polar surface area (TPSA) is 249 Å². The molecule has 0 radical (unpaired) electrons. The minimum atomic E-state index is -0.793. The Labute approximate surface area is 375 Å². The summed E-state index contributed by atoms with van der Waals surface area (Å²) in [5.74, 6) is -3.51. The molecule has 2 saturated heterocycles. The maximum atomic E-state index is 13.7. The van der Waals surface area contributed by atoms with Gasteiger partial charge in [0.2, 0.25) is 11.8 Å². The van der Waals surface area contributed by atoms with Gasteiger partial charge in [-0.15, -0.1) is 0 Å². The van der Waals surface area contributed by atoms with Gasteiger partial charge in [-0.1, -0.05) is 19.9 Å². The molecule has 6 amide bonds. The van der Waals surface area contributed by atoms with Gasteiger partial charge in [-0.2, -0.15) is 0 Å². The zero-order chi connectivity index (χ0) is 46.9. The van der Waals surface area contributed by atoms with Crippen LogP contribution in [0.3, 0.4) is 0 Å². The molecule has 1 atom stereocenters. The summed E-state index contributed by atoms with van der Waals surface area (Å²) < 4.78 is 5.81. The second kappa shape index (κ2) is 18.5. The molecule has 0 aromatic heterocycles. The number of carbonyl (C=O) groups excluding carboxylic acids is 6. The number of ether oxygens (including phenoxy) is 1. The zero-order valence-corrected chi connectivity index (χ0v) is 36.7. The molecule has 0 saturated carbocycles. The molecule has 3 heterocycles. The van der Waals surface area contributed by atoms with Crippen molar-refractivity contribution in [1.82, 2.24) is 20.4 Å². The van der Waals surface area contributed by atoms with Gasteiger partial charge in [-0.25, -0.2) is 4.79 Å². The smallest absolute Gasteiger partial charge is 0.417 e. The number of fused-ring (bicyclic) bond motifs is 1. The number of anilines is 3. The van der Waals surface area contributed by atoms with Crippen LogP contribution in [0.25, 0.3) is 0 Å². The molecule has 4 aromatic rings. The monoisotopic (exact) mass is 885 g/mol. The third-order valence-corrected chi connectivity index (χ3v) is 11.8. The quantitative estimate of drug-likeness (QED) is 0.0661. The Morgan fingerprint density at radius 1 is 0.923 bits per heavy atom. The van der Waals surface area contributed by atoms with E-state index in [1.165, 1.54) is 23.1 Å². The minimum Gasteiger partial charge on any atom is -0.508 e. The lowest BCUT2D eigenvalue weighted by molar-refractivity contribution is -0.137. The van der Waals surface area contributed by atoms with Crippen molar-refractivity contribution >= 4 is 64.4 Å². The maximum absolute atomic E-state index is 13.7. The molecule has 0 aliphatic carbocycles. The number of nitrogens with zero attached hydrogens (tertiary/aromatic N) is 4. The Morgan fingerprint density at radius 2 is 1.60 bits per heavy atom. The van der Waals surface area contributed by atoms with Gasteiger partial charge in [-0.3, -0.25) is 50.3 Å². The molecule has 7 N–H and O–H groups in total. The van der Waals surface area contributed by atoms with Crippen LogP contribution < -0.4 is 30.5 Å². The minimum absolute atomic E-state index is 0.00455. The molecule has 0 bridgehead atoms. The summed E-state index contributed by atoms with van der Waals surface area (Å²) >= 11 is 0. The van der Waals surface area contributed by atoms with Gasteiger partial charge in [-0.05, 0) is 104 Å². The summed E-state index contributed by atoms with van der Waals surface area (Å²) in [7, 11) is 0. The maximum Gasteiger partial charge on any atom is 0.417 e. The van der Waals surface area contributed by atoms with Crippen molar-refractivity contribution in [3.63, 3.8) is 0 Å². The lowest BCUT2D eigenvalue weighted by atomic mass is 9.98. The van der Waals surface area contributed by atoms with Crippen molar-refractivity contribution in [1.29, 1.82) is 10.8 Å². The summed E-state index contributed by atoms with van der Waals surface area (Å²) in [5, 5.41) is 46.5. The van der Waals surface area contributed by atoms with Crippen LogP contribution in [0.1, 0.15) is 88.1 Å². The molecule has 4 aromatic carbocycles. The van der Waals surface area contributed by atoms with Gasteiger partial charge >= 0.3 is 6.09 Å². The van der Waals surface area contributed by atoms with Gasteiger partial charge in [0.05, 0.1) is 5.56 Å². The van der Waals surface area contributed by atoms with Crippen LogP contribution in [0.4, 0.5) is 21.9 Å². The third-order valence-electron chi connectivity index (χ3n) is 11.8. The van der Waals surface area contributed by atoms with Crippen LogP contribution in [0.15, 0.2) is 66.7 Å². The highest BCUT2D eigenvalue weighted by Gasteiger charge is 2.40. The fraction of sp³-hybridized carbons (Fsp3) is 0.319. The molecule has 3 aliphatic heterocycles. The van der Waals surface area contributed by atoms with Gasteiger partial charge < -0.3 is 35.0 Å². The van der Waals surface area contributed by atoms with E-state index >= 15 is 0 Å². The summed E-state index contributed by atoms with van der Waals surface area (Å²) in [6, 6.07) is 16.7. The predicted octanol–water partition coefficient (Wildman–Crippen LogP) is 5.12. The van der Waals surface area contributed by atoms with E-state index in [0.29, 0.717) is 71.0 Å². The number of rotatable bonds is 9. The van der Waals surface area contributed by atoms with Crippen LogP contribution in [-0.2, 0) is 20.9 Å². The molecule has 338 valence electrons. The lowest BCUT2D eigenvalue weighted by Crippen LogP contribution is -2.52. The highest BCUT2D eigenvalue weighted by molar-refractivity contribution is 6.48. The number of amidine groups is 2. The number of aromatic hydroxyl groups is 2. The molecule has 0 spiro atoms. The Hall–Kier alpha value is -7.76. The van der Waals surface area contributed by atoms with Crippen LogP contribution >= 0.6 is 0 Å². The van der Waals surface area contributed by atoms with Crippen LogP contribution in [-0.4, -0.2) is 106 Å². The van der Waals surface area contributed by atoms with E-state index in [1.807, 2.05) is 39.8 Å². The zero-order valence-electron chi connectivity index (χ0n) is 36.7. The van der Waals surface area contributed by atoms with E-state index in [1.54, 1.807) is 42.2 Å². The van der Waals surface area contributed by atoms with Gasteiger partial charge in [0.15, 0.2) is 5.84 Å². The fourth-order valence-electron chi connectivity index (χ4n) is 8.39. The number of hydrogen-bond donors (Lipinski definition) is 7. The number of phenols is 2. The van der Waals surface area contributed by atoms with Gasteiger partial charge in [0.1, 0.15) is 29.1 Å². The second-order valence-electron chi connectivity index (χ2n) is 16.5. The van der Waals surface area contributed by atoms with Crippen LogP contribution in [0.5, 0.6) is 17.2 Å². The van der Waals surface area contributed by atoms with Crippen molar-refractivity contribution < 1.29 is 43.7 Å². The Kier molecular flexibility index (Phi) is 12.9. The van der Waals surface area contributed by atoms with Crippen molar-refractivity contribution in [3.8, 4) is 17.2 Å². The molecular weight excluding hydrogens is 835 g/mol. The van der Waals surface area contributed by atoms with Crippen molar-refractivity contribution in [2.24, 2.45) is 0 Å². The Bertz CT molecular complexity index is 2610. The summed E-state index contributed by atoms with van der Waals surface area (Å²) in [4.78, 5) is 83.7. The number of piperidine rings is 1. The number of likely N-dealkylation sites (N-methyl/N-ethyl adjacent to an activating group) is 1. The van der Waals surface area contributed by atoms with E-state index in [-0.39, 0.29) is 72.4 Å². The molecule has 65 heavy (non-hydrogen) atoms. The molecule has 1 unspecified atom stereocenters. The largest absolute Gasteiger partial charge is 0.508 e. The molecule has 7 rings (SSSR count). The summed E-state index contributed by atoms with van der Waals surface area (Å²) in [6.45, 7) is 11.2. The molecule has 18 heteroatoms. The number of nitrogens with one attached hydrogen (secondary N) is 5. The number of amides is 6. The van der Waals surface area contributed by atoms with E-state index < -0.39 is 35.5 Å². The van der Waals surface area contributed by atoms with Gasteiger partial charge in [0.25, 0.3) is 17.7 Å². The van der Waals surface area contributed by atoms with Crippen LogP contribution in [0, 0.1) is 24.7 Å². The Balaban J connectivity index is 0.985. The number of benzene rings is 4. The number of piperazine rings is 1. The first-order valence-electron chi connectivity index (χ1n) is 21.3. The molecule has 2 fully saturated rings. The molecular formula is C47H51N9O9. The number of carbonyl (C=O) groups is 6. The average molecular weight is 886 g/mol. The summed E-state index contributed by atoms with van der Waals surface area (Å²) in [5.41, 5.74) is 4.64. The normalized spacial score (nSPS) is 15.9. The van der Waals surface area contributed by atoms with E-state index in [2.05, 4.69) is 20.9 Å². The lowest BCUT2D eigenvalue weighted by Gasteiger charge is -2.36. The highest BCUT2D eigenvalue weighted by atomic mass is 16.6. The first-order chi connectivity index (χ1) is 31.0. The standard InChI is InChI=1S/C47H51N9O9/c1-6-50-44(61)42(49)56(41(48)33-22-32(25(2)3)37(57)23-38(33)58)29-12-10-28(11-13-29)45(62)54-18-16-53(17-19-54)30-20-26(4)40(27(5)21-30)65-47(64)51-35-9-7-8-31-34(35)24-55(46(31)63)36-14-15-39(59)52-43(36)60/h7-13,20-23,25,36,48-49,57-58H,6,14-19,24H2,1-5H3,(H,50,61)(H,51,64)(H,52,59,60). The number of imide groups is 1. The van der Waals surface area contributed by atoms with Crippen LogP contribution in [0.2, 0.25) is 0 Å². The predicted molar refractivity (Wildman–Crippen MR) is 242 cm³/mol. The first kappa shape index (κ1) is 45.3. The molecule has 18 nitrogen and oxygen atoms in total. The second-order valence-corrected chi connectivity index (χ2v) is 16.5. The average Bonchev–Trinajstić information content (AvgIpc) is 3.61. The van der Waals surface area contributed by atoms with Crippen molar-refractivity contribution in [3.05, 3.63) is 106 Å². The number of phenolic OH excluding ortho intramolecular Hbond substituents is 2. The van der Waals surface area contributed by atoms with E-state index in [0.717, 1.165) is 16.7 Å². The first-order valence-corrected chi connectivity index (χ1v) is 21.3. The highest BCUT2D eigenvalue weighted by Crippen LogP contribution is 2.36. The SMILES string of the molecule is CCNC(=O)C(=N)N(C(=N)c1cc(C(C)C)c(O)cc1O)c1ccc(C(=O)N2CCN(c3cc(C)c(OC(=O)Nc4cccc5c4CN(C4CCC(=O)NC4=O)C5=O)c(C)c3)CC2)cc1. The Morgan fingerprint density at radius 3 is 2.23 bits per heavy atom. The van der Waals surface area contributed by atoms with E-state index in [9.17, 15) is 39.0 Å². The van der Waals surface area contributed by atoms with Crippen molar-refractivity contribution in [2.75, 3.05) is 47.8 Å².